The van der Waals surface area contributed by atoms with E-state index >= 15 is 0 Å². The van der Waals surface area contributed by atoms with Crippen LogP contribution in [0, 0.1) is 0 Å². The molecular weight excluding hydrogens is 509 g/mol. The summed E-state index contributed by atoms with van der Waals surface area (Å²) in [5, 5.41) is 7.76. The Morgan fingerprint density at radius 2 is 2.10 bits per heavy atom. The summed E-state index contributed by atoms with van der Waals surface area (Å²) in [6, 6.07) is 4.20. The van der Waals surface area contributed by atoms with Crippen LogP contribution in [0.1, 0.15) is 24.2 Å². The maximum atomic E-state index is 5.95. The molecule has 31 heavy (non-hydrogen) atoms. The van der Waals surface area contributed by atoms with E-state index in [0.29, 0.717) is 13.2 Å². The lowest BCUT2D eigenvalue weighted by molar-refractivity contribution is -0.00805. The number of rotatable bonds is 4. The van der Waals surface area contributed by atoms with Crippen LogP contribution in [0.3, 0.4) is 0 Å². The molecule has 0 radical (unpaired) electrons. The third-order valence-corrected chi connectivity index (χ3v) is 5.50. The van der Waals surface area contributed by atoms with Gasteiger partial charge in [-0.1, -0.05) is 0 Å². The number of aliphatic imine (C=N–C) groups is 1. The highest BCUT2D eigenvalue weighted by molar-refractivity contribution is 14.0. The fourth-order valence-corrected chi connectivity index (χ4v) is 3.93. The van der Waals surface area contributed by atoms with Crippen LogP contribution < -0.4 is 10.2 Å². The van der Waals surface area contributed by atoms with Gasteiger partial charge in [0, 0.05) is 58.2 Å². The van der Waals surface area contributed by atoms with Crippen molar-refractivity contribution >= 4 is 35.8 Å². The fraction of sp³-hybridized carbons (Fsp3) is 0.571. The van der Waals surface area contributed by atoms with Gasteiger partial charge in [-0.05, 0) is 24.6 Å². The fourth-order valence-electron chi connectivity index (χ4n) is 3.93. The minimum Gasteiger partial charge on any atom is -0.375 e. The van der Waals surface area contributed by atoms with Gasteiger partial charge in [0.05, 0.1) is 32.1 Å². The average Bonchev–Trinajstić information content (AvgIpc) is 3.21. The van der Waals surface area contributed by atoms with Crippen LogP contribution in [0.15, 0.2) is 35.7 Å². The molecule has 2 saturated heterocycles. The van der Waals surface area contributed by atoms with E-state index in [-0.39, 0.29) is 36.2 Å². The van der Waals surface area contributed by atoms with Gasteiger partial charge in [-0.3, -0.25) is 9.67 Å². The Kier molecular flexibility index (Phi) is 8.50. The number of guanidine groups is 1. The molecule has 0 saturated carbocycles. The highest BCUT2D eigenvalue weighted by Gasteiger charge is 2.25. The van der Waals surface area contributed by atoms with Crippen LogP contribution in [0.25, 0.3) is 0 Å². The third kappa shape index (κ3) is 6.07. The van der Waals surface area contributed by atoms with Crippen molar-refractivity contribution in [2.24, 2.45) is 12.0 Å². The standard InChI is InChI=1S/C21H31N7O2.HI/c1-16-13-27(6-8-29-16)20-10-17(4-5-23-20)11-24-21(22-2)28-7-9-30-19(15-28)18-12-25-26(3)14-18;/h4-5,10,12,14,16,19H,6-9,11,13,15H2,1-3H3,(H,22,24);1H. The van der Waals surface area contributed by atoms with Crippen LogP contribution in [-0.2, 0) is 23.1 Å². The molecule has 2 fully saturated rings. The van der Waals surface area contributed by atoms with E-state index in [1.807, 2.05) is 38.8 Å². The lowest BCUT2D eigenvalue weighted by Gasteiger charge is -2.35. The van der Waals surface area contributed by atoms with Gasteiger partial charge < -0.3 is 24.6 Å². The number of nitrogens with zero attached hydrogens (tertiary/aromatic N) is 6. The number of anilines is 1. The second-order valence-corrected chi connectivity index (χ2v) is 7.80. The number of hydrogen-bond acceptors (Lipinski definition) is 6. The van der Waals surface area contributed by atoms with Gasteiger partial charge >= 0.3 is 0 Å². The SMILES string of the molecule is CN=C(NCc1ccnc(N2CCOC(C)C2)c1)N1CCOC(c2cnn(C)c2)C1.I. The van der Waals surface area contributed by atoms with Crippen LogP contribution in [0.2, 0.25) is 0 Å². The van der Waals surface area contributed by atoms with Gasteiger partial charge in [-0.15, -0.1) is 24.0 Å². The number of ether oxygens (including phenoxy) is 2. The predicted molar refractivity (Wildman–Crippen MR) is 131 cm³/mol. The molecule has 0 aliphatic carbocycles. The van der Waals surface area contributed by atoms with Crippen LogP contribution in [0.4, 0.5) is 5.82 Å². The lowest BCUT2D eigenvalue weighted by Crippen LogP contribution is -2.47. The molecule has 2 unspecified atom stereocenters. The zero-order valence-corrected chi connectivity index (χ0v) is 20.7. The first kappa shape index (κ1) is 23.7. The summed E-state index contributed by atoms with van der Waals surface area (Å²) in [5.41, 5.74) is 2.27. The highest BCUT2D eigenvalue weighted by Crippen LogP contribution is 2.22. The molecule has 0 aromatic carbocycles. The number of halogens is 1. The van der Waals surface area contributed by atoms with Crippen LogP contribution in [0.5, 0.6) is 0 Å². The Bertz CT molecular complexity index is 875. The molecule has 2 aliphatic rings. The molecular formula is C21H32IN7O2. The minimum absolute atomic E-state index is 0. The van der Waals surface area contributed by atoms with Gasteiger partial charge in [-0.25, -0.2) is 4.98 Å². The Balaban J connectivity index is 0.00000272. The molecule has 10 heteroatoms. The molecule has 0 bridgehead atoms. The van der Waals surface area contributed by atoms with Crippen molar-refractivity contribution in [3.05, 3.63) is 41.9 Å². The van der Waals surface area contributed by atoms with Gasteiger partial charge in [0.2, 0.25) is 0 Å². The van der Waals surface area contributed by atoms with Gasteiger partial charge in [0.1, 0.15) is 11.9 Å². The molecule has 9 nitrogen and oxygen atoms in total. The molecule has 0 spiro atoms. The van der Waals surface area contributed by atoms with E-state index in [2.05, 4.69) is 43.2 Å². The van der Waals surface area contributed by atoms with E-state index < -0.39 is 0 Å². The zero-order valence-electron chi connectivity index (χ0n) is 18.4. The van der Waals surface area contributed by atoms with Crippen LogP contribution >= 0.6 is 24.0 Å². The van der Waals surface area contributed by atoms with Gasteiger partial charge in [0.25, 0.3) is 0 Å². The first-order valence-electron chi connectivity index (χ1n) is 10.5. The maximum Gasteiger partial charge on any atom is 0.194 e. The number of morpholine rings is 2. The largest absolute Gasteiger partial charge is 0.375 e. The molecule has 4 heterocycles. The van der Waals surface area contributed by atoms with E-state index in [9.17, 15) is 0 Å². The maximum absolute atomic E-state index is 5.95. The van der Waals surface area contributed by atoms with Gasteiger partial charge in [0.15, 0.2) is 5.96 Å². The molecule has 1 N–H and O–H groups in total. The normalized spacial score (nSPS) is 22.2. The van der Waals surface area contributed by atoms with Crippen molar-refractivity contribution in [3.8, 4) is 0 Å². The Morgan fingerprint density at radius 3 is 2.84 bits per heavy atom. The molecule has 170 valence electrons. The van der Waals surface area contributed by atoms with Crippen molar-refractivity contribution in [3.63, 3.8) is 0 Å². The summed E-state index contributed by atoms with van der Waals surface area (Å²) in [7, 11) is 3.75. The zero-order chi connectivity index (χ0) is 20.9. The van der Waals surface area contributed by atoms with E-state index in [1.54, 1.807) is 4.68 Å². The average molecular weight is 541 g/mol. The summed E-state index contributed by atoms with van der Waals surface area (Å²) in [6.45, 7) is 7.50. The van der Waals surface area contributed by atoms with Crippen molar-refractivity contribution in [2.75, 3.05) is 51.3 Å². The topological polar surface area (TPSA) is 80.0 Å². The van der Waals surface area contributed by atoms with Crippen molar-refractivity contribution in [2.45, 2.75) is 25.7 Å². The van der Waals surface area contributed by atoms with Crippen molar-refractivity contribution in [1.29, 1.82) is 0 Å². The van der Waals surface area contributed by atoms with E-state index in [4.69, 9.17) is 9.47 Å². The quantitative estimate of drug-likeness (QED) is 0.360. The second kappa shape index (κ2) is 11.1. The Hall–Kier alpha value is -1.92. The molecule has 2 aliphatic heterocycles. The molecule has 0 amide bonds. The Labute approximate surface area is 200 Å². The van der Waals surface area contributed by atoms with Crippen molar-refractivity contribution < 1.29 is 9.47 Å². The second-order valence-electron chi connectivity index (χ2n) is 7.80. The summed E-state index contributed by atoms with van der Waals surface area (Å²) in [6.07, 6.45) is 5.99. The van der Waals surface area contributed by atoms with Crippen molar-refractivity contribution in [1.82, 2.24) is 25.0 Å². The predicted octanol–water partition coefficient (Wildman–Crippen LogP) is 1.81. The Morgan fingerprint density at radius 1 is 1.26 bits per heavy atom. The number of aromatic nitrogens is 3. The molecule has 2 aromatic heterocycles. The number of nitrogens with one attached hydrogen (secondary N) is 1. The highest BCUT2D eigenvalue weighted by atomic mass is 127. The first-order valence-corrected chi connectivity index (χ1v) is 10.5. The van der Waals surface area contributed by atoms with Gasteiger partial charge in [-0.2, -0.15) is 5.10 Å². The lowest BCUT2D eigenvalue weighted by atomic mass is 10.1. The van der Waals surface area contributed by atoms with E-state index in [1.165, 1.54) is 5.56 Å². The smallest absolute Gasteiger partial charge is 0.194 e. The summed E-state index contributed by atoms with van der Waals surface area (Å²) in [4.78, 5) is 13.6. The number of aryl methyl sites for hydroxylation is 1. The monoisotopic (exact) mass is 541 g/mol. The number of pyridine rings is 1. The van der Waals surface area contributed by atoms with Crippen LogP contribution in [-0.4, -0.2) is 78.2 Å². The first-order chi connectivity index (χ1) is 14.6. The van der Waals surface area contributed by atoms with E-state index in [0.717, 1.165) is 50.1 Å². The summed E-state index contributed by atoms with van der Waals surface area (Å²) >= 11 is 0. The third-order valence-electron chi connectivity index (χ3n) is 5.50. The summed E-state index contributed by atoms with van der Waals surface area (Å²) < 4.78 is 13.4. The molecule has 4 rings (SSSR count). The molecule has 2 aromatic rings. The summed E-state index contributed by atoms with van der Waals surface area (Å²) in [5.74, 6) is 1.88. The number of hydrogen-bond donors (Lipinski definition) is 1. The molecule has 2 atom stereocenters. The minimum atomic E-state index is 0.